The summed E-state index contributed by atoms with van der Waals surface area (Å²) in [5.74, 6) is 10.6. The molecule has 0 saturated heterocycles. The largest absolute Gasteiger partial charge is 0.508 e. The molecule has 0 radical (unpaired) electrons. The van der Waals surface area contributed by atoms with E-state index >= 15 is 0 Å². The van der Waals surface area contributed by atoms with Crippen molar-refractivity contribution in [2.45, 2.75) is 144 Å². The molecule has 145 heavy (non-hydrogen) atoms. The minimum Gasteiger partial charge on any atom is -0.508 e. The molecule has 0 amide bonds. The van der Waals surface area contributed by atoms with Gasteiger partial charge in [-0.2, -0.15) is 0 Å². The lowest BCUT2D eigenvalue weighted by Crippen LogP contribution is -2.56. The molecule has 6 atom stereocenters. The molecule has 6 unspecified atom stereocenters. The van der Waals surface area contributed by atoms with Crippen LogP contribution in [-0.2, 0) is 21.7 Å². The van der Waals surface area contributed by atoms with Crippen LogP contribution < -0.4 is 0 Å². The van der Waals surface area contributed by atoms with Crippen molar-refractivity contribution in [2.75, 3.05) is 0 Å². The fourth-order valence-corrected chi connectivity index (χ4v) is 26.9. The molecule has 24 heteroatoms. The van der Waals surface area contributed by atoms with Crippen molar-refractivity contribution in [3.63, 3.8) is 0 Å². The van der Waals surface area contributed by atoms with E-state index in [2.05, 4.69) is 72.8 Å². The summed E-state index contributed by atoms with van der Waals surface area (Å²) in [6, 6.07) is 94.1. The first-order valence-electron chi connectivity index (χ1n) is 48.8. The molecular weight excluding hydrogens is 1990 g/mol. The average Bonchev–Trinajstić information content (AvgIpc) is 1.28. The predicted octanol–water partition coefficient (Wildman–Crippen LogP) is 30.3. The zero-order valence-corrected chi connectivity index (χ0v) is 85.1. The molecule has 14 aromatic rings. The molecule has 10 fully saturated rings. The summed E-state index contributed by atoms with van der Waals surface area (Å²) in [5.41, 5.74) is 13.5. The Hall–Kier alpha value is -12.3. The van der Waals surface area contributed by atoms with E-state index in [0.717, 1.165) is 59.1 Å². The number of carbonyl (C=O) groups is 8. The van der Waals surface area contributed by atoms with E-state index in [1.807, 2.05) is 72.8 Å². The highest BCUT2D eigenvalue weighted by atomic mass is 35.5. The van der Waals surface area contributed by atoms with Crippen molar-refractivity contribution in [3.05, 3.63) is 404 Å². The van der Waals surface area contributed by atoms with Gasteiger partial charge < -0.3 is 40.9 Å². The summed E-state index contributed by atoms with van der Waals surface area (Å²) in [4.78, 5) is 86.7. The summed E-state index contributed by atoms with van der Waals surface area (Å²) in [7, 11) is 0. The highest BCUT2D eigenvalue weighted by Gasteiger charge is 2.63. The Kier molecular flexibility index (Phi) is 33.6. The summed E-state index contributed by atoms with van der Waals surface area (Å²) in [6.07, 6.45) is 24.6. The van der Waals surface area contributed by atoms with E-state index in [1.54, 1.807) is 127 Å². The molecule has 10 aliphatic rings. The van der Waals surface area contributed by atoms with E-state index in [9.17, 15) is 79.2 Å². The first-order valence-corrected chi connectivity index (χ1v) is 51.9. The number of phenols is 8. The number of rotatable bonds is 16. The van der Waals surface area contributed by atoms with Crippen molar-refractivity contribution in [1.29, 1.82) is 0 Å². The summed E-state index contributed by atoms with van der Waals surface area (Å²) in [5, 5.41) is 75.7. The van der Waals surface area contributed by atoms with E-state index in [4.69, 9.17) is 92.8 Å². The van der Waals surface area contributed by atoms with Crippen LogP contribution in [0.3, 0.4) is 0 Å². The third-order valence-corrected chi connectivity index (χ3v) is 33.6. The number of phenolic OH excluding ortho intramolecular Hbond substituents is 8. The van der Waals surface area contributed by atoms with Gasteiger partial charge in [-0.15, -0.1) is 0 Å². The van der Waals surface area contributed by atoms with Gasteiger partial charge in [0, 0.05) is 66.2 Å². The fourth-order valence-electron chi connectivity index (χ4n) is 25.8. The second kappa shape index (κ2) is 46.2. The van der Waals surface area contributed by atoms with Gasteiger partial charge >= 0.3 is 0 Å². The van der Waals surface area contributed by atoms with Crippen molar-refractivity contribution in [2.24, 2.45) is 59.2 Å². The molecule has 10 saturated carbocycles. The highest BCUT2D eigenvalue weighted by molar-refractivity contribution is 6.71. The van der Waals surface area contributed by atoms with Gasteiger partial charge in [-0.1, -0.05) is 184 Å². The summed E-state index contributed by atoms with van der Waals surface area (Å²) >= 11 is 42.4. The van der Waals surface area contributed by atoms with Gasteiger partial charge in [0.2, 0.25) is 0 Å². The van der Waals surface area contributed by atoms with E-state index in [-0.39, 0.29) is 32.8 Å². The Bertz CT molecular complexity index is 6660. The normalized spacial score (nSPS) is 21.0. The molecule has 0 spiro atoms. The number of halogens is 8. The lowest BCUT2D eigenvalue weighted by molar-refractivity contribution is -0.0418. The van der Waals surface area contributed by atoms with Crippen molar-refractivity contribution in [1.82, 2.24) is 0 Å². The standard InChI is InChI=1S/2C22H24O2.C19H20O2.C18H20O2.2C12H6Cl2O2.2C8H4Cl2O2/c23-20-5-1-16(2-6-20)22(17-3-7-21(24)8-4-17)18-10-14-9-15(12-18)13-19(22)11-14;23-17-8-4-15(5-9-17)22(16-6-10-18(24)11-7-16)13-14-12-21(22)20-3-1-2-19(14)20;20-17-7-3-14(4-8-17)19(12-13-1-2-16(19)11-13)15-5-9-18(21)10-6-15;19-16-8-4-14(5-9-16)18(12-2-1-3-13-18)15-6-10-17(20)11-7-15;13-11(15)9-3-1-7-5-10(12(14)16)4-2-8(7)6-9;13-11(15)9-5-1-3-7-8(9)4-2-6-10(7)12(14)16;9-7(11)5-1-2-6(4-3-5)8(10)12;9-7(11)5-2-1-3-6(4-5)8(10)12/h1-8,14-15,18-19,23-24H,9-13H2;4-11,14,19-21,23-24H,1-3,12-13H2;3-10,13,16,20-21H,1-2,11-12H2;4-11,19-20H,1-3,12-13H2;2*1-6H;2*1-4H. The van der Waals surface area contributed by atoms with Crippen LogP contribution in [0.1, 0.15) is 249 Å². The Balaban J connectivity index is 0.000000120. The van der Waals surface area contributed by atoms with Gasteiger partial charge in [0.15, 0.2) is 0 Å². The van der Waals surface area contributed by atoms with Gasteiger partial charge in [-0.25, -0.2) is 0 Å². The SMILES string of the molecule is O=C(Cl)c1ccc(C(=O)Cl)cc1.O=C(Cl)c1ccc2cc(C(=O)Cl)ccc2c1.O=C(Cl)c1cccc(C(=O)Cl)c1.O=C(Cl)c1cccc2c(C(=O)Cl)cccc12.Oc1ccc(C2(c3ccc(O)cc3)C3CC4CC(C3)CC2C4)cc1.Oc1ccc(C2(c3ccc(O)cc3)CC3CC2C2CCCC32)cc1.Oc1ccc(C2(c3ccc(O)cc3)CC3CCC2C3)cc1.Oc1ccc(C2(c3ccc(O)cc3)CCCCC2)cc1. The summed E-state index contributed by atoms with van der Waals surface area (Å²) < 4.78 is 0. The molecule has 14 aromatic carbocycles. The van der Waals surface area contributed by atoms with Crippen LogP contribution >= 0.6 is 92.8 Å². The molecular formula is C121H108Cl8O16. The maximum absolute atomic E-state index is 11.2. The van der Waals surface area contributed by atoms with Gasteiger partial charge in [0.25, 0.3) is 41.9 Å². The van der Waals surface area contributed by atoms with E-state index < -0.39 is 41.9 Å². The molecule has 24 rings (SSSR count). The Morgan fingerprint density at radius 1 is 0.241 bits per heavy atom. The van der Waals surface area contributed by atoms with Crippen LogP contribution in [-0.4, -0.2) is 82.8 Å². The molecule has 0 aliphatic heterocycles. The lowest BCUT2D eigenvalue weighted by Gasteiger charge is -2.62. The molecule has 744 valence electrons. The molecule has 8 N–H and O–H groups in total. The minimum atomic E-state index is -0.602. The van der Waals surface area contributed by atoms with Crippen LogP contribution in [0, 0.1) is 59.2 Å². The third kappa shape index (κ3) is 23.2. The molecule has 8 bridgehead atoms. The van der Waals surface area contributed by atoms with Crippen LogP contribution in [0.4, 0.5) is 0 Å². The number of hydrogen-bond acceptors (Lipinski definition) is 16. The average molecular weight is 2100 g/mol. The number of carbonyl (C=O) groups excluding carboxylic acids is 8. The second-order valence-electron chi connectivity index (χ2n) is 39.6. The number of hydrogen-bond donors (Lipinski definition) is 8. The maximum atomic E-state index is 11.2. The van der Waals surface area contributed by atoms with Gasteiger partial charge in [0.1, 0.15) is 46.0 Å². The number of benzene rings is 14. The van der Waals surface area contributed by atoms with Crippen molar-refractivity contribution < 1.29 is 79.2 Å². The number of aromatic hydroxyl groups is 8. The van der Waals surface area contributed by atoms with Crippen LogP contribution in [0.2, 0.25) is 0 Å². The Labute approximate surface area is 881 Å². The van der Waals surface area contributed by atoms with E-state index in [0.29, 0.717) is 114 Å². The second-order valence-corrected chi connectivity index (χ2v) is 42.4. The van der Waals surface area contributed by atoms with Crippen molar-refractivity contribution in [3.8, 4) is 46.0 Å². The Morgan fingerprint density at radius 2 is 0.552 bits per heavy atom. The molecule has 16 nitrogen and oxygen atoms in total. The summed E-state index contributed by atoms with van der Waals surface area (Å²) in [6.45, 7) is 0. The lowest BCUT2D eigenvalue weighted by atomic mass is 9.42. The monoisotopic (exact) mass is 2100 g/mol. The Morgan fingerprint density at radius 3 is 0.883 bits per heavy atom. The van der Waals surface area contributed by atoms with Gasteiger partial charge in [-0.05, 0) is 472 Å². The van der Waals surface area contributed by atoms with Crippen LogP contribution in [0.5, 0.6) is 46.0 Å². The van der Waals surface area contributed by atoms with Crippen LogP contribution in [0.15, 0.2) is 315 Å². The van der Waals surface area contributed by atoms with Gasteiger partial charge in [0.05, 0.1) is 0 Å². The zero-order chi connectivity index (χ0) is 103. The number of fused-ring (bicyclic) bond motifs is 9. The predicted molar refractivity (Wildman–Crippen MR) is 573 cm³/mol. The third-order valence-electron chi connectivity index (χ3n) is 31.9. The molecule has 0 aromatic heterocycles. The molecule has 0 heterocycles. The zero-order valence-electron chi connectivity index (χ0n) is 79.1. The topological polar surface area (TPSA) is 298 Å². The highest BCUT2D eigenvalue weighted by Crippen LogP contribution is 2.69. The maximum Gasteiger partial charge on any atom is 0.253 e. The minimum absolute atomic E-state index is 0.0274. The fraction of sp³-hybridized carbons (Fsp3) is 0.273. The van der Waals surface area contributed by atoms with E-state index in [1.165, 1.54) is 196 Å². The van der Waals surface area contributed by atoms with Gasteiger partial charge in [-0.3, -0.25) is 38.4 Å². The first kappa shape index (κ1) is 105. The van der Waals surface area contributed by atoms with Crippen LogP contribution in [0.25, 0.3) is 21.5 Å². The smallest absolute Gasteiger partial charge is 0.253 e. The quantitative estimate of drug-likeness (QED) is 0.0417. The van der Waals surface area contributed by atoms with Crippen molar-refractivity contribution >= 4 is 156 Å². The first-order chi connectivity index (χ1) is 69.6. The molecule has 10 aliphatic carbocycles.